The Kier molecular flexibility index (Phi) is 6.98. The molecule has 138 valence electrons. The van der Waals surface area contributed by atoms with Gasteiger partial charge in [0.25, 0.3) is 0 Å². The molecule has 1 N–H and O–H groups in total. The van der Waals surface area contributed by atoms with E-state index in [-0.39, 0.29) is 6.10 Å². The predicted molar refractivity (Wildman–Crippen MR) is 120 cm³/mol. The molecule has 2 heteroatoms. The molecule has 3 aromatic rings. The number of allylic oxidation sites excluding steroid dienone is 1. The molecule has 0 amide bonds. The fourth-order valence-corrected chi connectivity index (χ4v) is 7.97. The van der Waals surface area contributed by atoms with E-state index < -0.39 is 7.26 Å². The zero-order chi connectivity index (χ0) is 19.0. The van der Waals surface area contributed by atoms with E-state index in [1.165, 1.54) is 15.9 Å². The average Bonchev–Trinajstić information content (AvgIpc) is 2.74. The molecule has 0 spiro atoms. The van der Waals surface area contributed by atoms with Crippen LogP contribution in [0.2, 0.25) is 0 Å². The second kappa shape index (κ2) is 9.65. The standard InChI is InChI=1S/C25H28OP/c1-2-3-7-14-22(26)21-27(23-15-8-4-9-16-23,24-17-10-5-11-18-24)25-19-12-6-13-20-25/h3-13,15-20,22,26H,2,14,21H2,1H3/q+1/b7-3-/t22-/m1/s1. The number of aliphatic hydroxyl groups excluding tert-OH is 1. The highest BCUT2D eigenvalue weighted by Gasteiger charge is 2.46. The molecule has 27 heavy (non-hydrogen) atoms. The summed E-state index contributed by atoms with van der Waals surface area (Å²) < 4.78 is 0. The summed E-state index contributed by atoms with van der Waals surface area (Å²) in [4.78, 5) is 0. The summed E-state index contributed by atoms with van der Waals surface area (Å²) in [5, 5.41) is 14.9. The molecule has 1 nitrogen and oxygen atoms in total. The van der Waals surface area contributed by atoms with Crippen LogP contribution in [0.15, 0.2) is 103 Å². The Morgan fingerprint density at radius 2 is 1.11 bits per heavy atom. The second-order valence-corrected chi connectivity index (χ2v) is 10.3. The number of benzene rings is 3. The monoisotopic (exact) mass is 375 g/mol. The van der Waals surface area contributed by atoms with Crippen LogP contribution in [0.1, 0.15) is 19.8 Å². The Labute approximate surface area is 163 Å². The van der Waals surface area contributed by atoms with Crippen LogP contribution in [0.5, 0.6) is 0 Å². The van der Waals surface area contributed by atoms with E-state index in [0.29, 0.717) is 6.42 Å². The maximum Gasteiger partial charge on any atom is 0.114 e. The lowest BCUT2D eigenvalue weighted by molar-refractivity contribution is 0.202. The molecular weight excluding hydrogens is 347 g/mol. The first-order chi connectivity index (χ1) is 13.3. The first-order valence-electron chi connectivity index (χ1n) is 9.65. The van der Waals surface area contributed by atoms with Gasteiger partial charge >= 0.3 is 0 Å². The predicted octanol–water partition coefficient (Wildman–Crippen LogP) is 4.70. The lowest BCUT2D eigenvalue weighted by Crippen LogP contribution is -2.36. The number of rotatable bonds is 8. The number of hydrogen-bond acceptors (Lipinski definition) is 1. The van der Waals surface area contributed by atoms with Gasteiger partial charge in [-0.25, -0.2) is 0 Å². The van der Waals surface area contributed by atoms with Crippen LogP contribution in [-0.4, -0.2) is 17.4 Å². The van der Waals surface area contributed by atoms with Crippen molar-refractivity contribution in [2.45, 2.75) is 25.9 Å². The average molecular weight is 375 g/mol. The second-order valence-electron chi connectivity index (χ2n) is 6.77. The molecule has 0 radical (unpaired) electrons. The summed E-state index contributed by atoms with van der Waals surface area (Å²) >= 11 is 0. The van der Waals surface area contributed by atoms with Crippen molar-refractivity contribution in [1.29, 1.82) is 0 Å². The van der Waals surface area contributed by atoms with Gasteiger partial charge in [0.2, 0.25) is 0 Å². The highest BCUT2D eigenvalue weighted by atomic mass is 31.2. The summed E-state index contributed by atoms with van der Waals surface area (Å²) in [6, 6.07) is 32.2. The first kappa shape index (κ1) is 19.5. The van der Waals surface area contributed by atoms with Crippen molar-refractivity contribution >= 4 is 23.2 Å². The third-order valence-electron chi connectivity index (χ3n) is 4.89. The Bertz CT molecular complexity index is 731. The zero-order valence-electron chi connectivity index (χ0n) is 15.9. The Hall–Kier alpha value is -2.21. The molecule has 1 atom stereocenters. The molecule has 3 aromatic carbocycles. The van der Waals surface area contributed by atoms with Crippen molar-refractivity contribution in [2.24, 2.45) is 0 Å². The van der Waals surface area contributed by atoms with Crippen molar-refractivity contribution in [3.8, 4) is 0 Å². The van der Waals surface area contributed by atoms with Gasteiger partial charge in [0.15, 0.2) is 0 Å². The normalized spacial score (nSPS) is 13.0. The van der Waals surface area contributed by atoms with Crippen LogP contribution >= 0.6 is 7.26 Å². The topological polar surface area (TPSA) is 20.2 Å². The van der Waals surface area contributed by atoms with Gasteiger partial charge in [0.05, 0.1) is 12.3 Å². The summed E-state index contributed by atoms with van der Waals surface area (Å²) in [5.74, 6) is 0. The highest BCUT2D eigenvalue weighted by Crippen LogP contribution is 2.55. The fourth-order valence-electron chi connectivity index (χ4n) is 3.62. The van der Waals surface area contributed by atoms with Crippen molar-refractivity contribution in [3.63, 3.8) is 0 Å². The molecule has 0 saturated heterocycles. The molecular formula is C25H28OP+. The van der Waals surface area contributed by atoms with E-state index in [1.807, 2.05) is 0 Å². The molecule has 0 fully saturated rings. The van der Waals surface area contributed by atoms with Gasteiger partial charge in [-0.1, -0.05) is 73.7 Å². The maximum atomic E-state index is 11.0. The van der Waals surface area contributed by atoms with E-state index in [9.17, 15) is 5.11 Å². The lowest BCUT2D eigenvalue weighted by atomic mass is 10.2. The van der Waals surface area contributed by atoms with Crippen molar-refractivity contribution in [2.75, 3.05) is 6.16 Å². The van der Waals surface area contributed by atoms with Crippen molar-refractivity contribution in [1.82, 2.24) is 0 Å². The van der Waals surface area contributed by atoms with Crippen LogP contribution in [0.4, 0.5) is 0 Å². The van der Waals surface area contributed by atoms with Crippen molar-refractivity contribution in [3.05, 3.63) is 103 Å². The lowest BCUT2D eigenvalue weighted by Gasteiger charge is -2.29. The Morgan fingerprint density at radius 1 is 0.704 bits per heavy atom. The van der Waals surface area contributed by atoms with Gasteiger partial charge < -0.3 is 5.11 Å². The van der Waals surface area contributed by atoms with E-state index in [4.69, 9.17) is 0 Å². The molecule has 0 bridgehead atoms. The van der Waals surface area contributed by atoms with Crippen LogP contribution in [-0.2, 0) is 0 Å². The minimum Gasteiger partial charge on any atom is -0.389 e. The van der Waals surface area contributed by atoms with Gasteiger partial charge in [-0.15, -0.1) is 0 Å². The smallest absolute Gasteiger partial charge is 0.114 e. The molecule has 0 unspecified atom stereocenters. The van der Waals surface area contributed by atoms with E-state index in [1.54, 1.807) is 0 Å². The summed E-state index contributed by atoms with van der Waals surface area (Å²) in [6.45, 7) is 2.12. The summed E-state index contributed by atoms with van der Waals surface area (Å²) in [7, 11) is -1.94. The third-order valence-corrected chi connectivity index (χ3v) is 9.39. The molecule has 0 aliphatic rings. The molecule has 0 saturated carbocycles. The summed E-state index contributed by atoms with van der Waals surface area (Å²) in [6.07, 6.45) is 6.32. The molecule has 3 rings (SSSR count). The van der Waals surface area contributed by atoms with Crippen LogP contribution in [0, 0.1) is 0 Å². The van der Waals surface area contributed by atoms with Crippen LogP contribution in [0.3, 0.4) is 0 Å². The summed E-state index contributed by atoms with van der Waals surface area (Å²) in [5.41, 5.74) is 0. The first-order valence-corrected chi connectivity index (χ1v) is 11.6. The van der Waals surface area contributed by atoms with Gasteiger partial charge in [-0.05, 0) is 49.2 Å². The van der Waals surface area contributed by atoms with E-state index in [2.05, 4.69) is 110 Å². The van der Waals surface area contributed by atoms with Gasteiger partial charge in [-0.3, -0.25) is 0 Å². The van der Waals surface area contributed by atoms with Gasteiger partial charge in [0.1, 0.15) is 23.2 Å². The Morgan fingerprint density at radius 3 is 1.48 bits per heavy atom. The maximum absolute atomic E-state index is 11.0. The molecule has 0 aliphatic carbocycles. The highest BCUT2D eigenvalue weighted by molar-refractivity contribution is 7.95. The molecule has 0 heterocycles. The van der Waals surface area contributed by atoms with Crippen LogP contribution < -0.4 is 15.9 Å². The minimum absolute atomic E-state index is 0.373. The quantitative estimate of drug-likeness (QED) is 0.447. The SMILES string of the molecule is CC/C=C\C[C@@H](O)C[P+](c1ccccc1)(c1ccccc1)c1ccccc1. The van der Waals surface area contributed by atoms with Gasteiger partial charge in [-0.2, -0.15) is 0 Å². The fraction of sp³-hybridized carbons (Fsp3) is 0.200. The van der Waals surface area contributed by atoms with E-state index in [0.717, 1.165) is 12.6 Å². The van der Waals surface area contributed by atoms with Crippen molar-refractivity contribution < 1.29 is 5.11 Å². The van der Waals surface area contributed by atoms with Gasteiger partial charge in [0, 0.05) is 0 Å². The zero-order valence-corrected chi connectivity index (χ0v) is 16.8. The Balaban J connectivity index is 2.15. The number of aliphatic hydroxyl groups is 1. The van der Waals surface area contributed by atoms with Crippen LogP contribution in [0.25, 0.3) is 0 Å². The molecule has 0 aliphatic heterocycles. The number of hydrogen-bond donors (Lipinski definition) is 1. The van der Waals surface area contributed by atoms with E-state index >= 15 is 0 Å². The largest absolute Gasteiger partial charge is 0.389 e. The minimum atomic E-state index is -1.94. The third kappa shape index (κ3) is 4.56. The molecule has 0 aromatic heterocycles.